The summed E-state index contributed by atoms with van der Waals surface area (Å²) in [6.45, 7) is 2.20. The molecule has 0 aromatic carbocycles. The Bertz CT molecular complexity index is 290. The van der Waals surface area contributed by atoms with E-state index in [4.69, 9.17) is 0 Å². The molecule has 3 atom stereocenters. The molecular formula is C14H23NOS. The number of hydrogen-bond acceptors (Lipinski definition) is 2. The minimum absolute atomic E-state index is 0.230. The van der Waals surface area contributed by atoms with Crippen LogP contribution in [0.3, 0.4) is 0 Å². The molecule has 2 aliphatic rings. The van der Waals surface area contributed by atoms with Gasteiger partial charge in [-0.15, -0.1) is 0 Å². The molecule has 96 valence electrons. The molecule has 0 heterocycles. The lowest BCUT2D eigenvalue weighted by atomic mass is 9.93. The second-order valence-corrected chi connectivity index (χ2v) is 6.54. The predicted molar refractivity (Wildman–Crippen MR) is 74.2 cm³/mol. The van der Waals surface area contributed by atoms with Crippen molar-refractivity contribution in [2.45, 2.75) is 56.7 Å². The standard InChI is InChI=1S/C14H23NOS/c1-2-17-13-10-6-9-12(13)15-14(16)11-7-4-3-5-8-11/h3-4,11-13H,2,5-10H2,1H3,(H,15,16)/t11-,12-,13-/m1/s1. The van der Waals surface area contributed by atoms with Gasteiger partial charge < -0.3 is 5.32 Å². The van der Waals surface area contributed by atoms with E-state index < -0.39 is 0 Å². The van der Waals surface area contributed by atoms with Crippen molar-refractivity contribution in [3.63, 3.8) is 0 Å². The zero-order valence-corrected chi connectivity index (χ0v) is 11.5. The molecule has 0 bridgehead atoms. The van der Waals surface area contributed by atoms with E-state index in [1.165, 1.54) is 19.3 Å². The molecule has 3 heteroatoms. The highest BCUT2D eigenvalue weighted by atomic mass is 32.2. The summed E-state index contributed by atoms with van der Waals surface area (Å²) in [4.78, 5) is 12.1. The number of thioether (sulfide) groups is 1. The molecule has 1 fully saturated rings. The van der Waals surface area contributed by atoms with Crippen LogP contribution in [0.1, 0.15) is 45.4 Å². The minimum atomic E-state index is 0.230. The number of carbonyl (C=O) groups excluding carboxylic acids is 1. The third-order valence-electron chi connectivity index (χ3n) is 3.80. The first-order valence-electron chi connectivity index (χ1n) is 6.88. The van der Waals surface area contributed by atoms with Gasteiger partial charge in [-0.1, -0.05) is 25.5 Å². The van der Waals surface area contributed by atoms with Gasteiger partial charge in [-0.25, -0.2) is 0 Å². The second-order valence-electron chi connectivity index (χ2n) is 5.02. The molecule has 2 rings (SSSR count). The Hall–Kier alpha value is -0.440. The third kappa shape index (κ3) is 3.51. The van der Waals surface area contributed by atoms with Gasteiger partial charge in [-0.05, 0) is 37.9 Å². The van der Waals surface area contributed by atoms with E-state index in [2.05, 4.69) is 24.4 Å². The molecule has 2 aliphatic carbocycles. The molecule has 0 unspecified atom stereocenters. The van der Waals surface area contributed by atoms with Crippen LogP contribution in [0.2, 0.25) is 0 Å². The first-order chi connectivity index (χ1) is 8.31. The lowest BCUT2D eigenvalue weighted by Crippen LogP contribution is -2.42. The number of amides is 1. The third-order valence-corrected chi connectivity index (χ3v) is 5.13. The summed E-state index contributed by atoms with van der Waals surface area (Å²) < 4.78 is 0. The smallest absolute Gasteiger partial charge is 0.223 e. The maximum atomic E-state index is 12.1. The summed E-state index contributed by atoms with van der Waals surface area (Å²) in [5.41, 5.74) is 0. The normalized spacial score (nSPS) is 32.6. The van der Waals surface area contributed by atoms with Crippen LogP contribution in [-0.4, -0.2) is 23.0 Å². The van der Waals surface area contributed by atoms with Gasteiger partial charge in [0.15, 0.2) is 0 Å². The molecular weight excluding hydrogens is 230 g/mol. The molecule has 1 saturated carbocycles. The highest BCUT2D eigenvalue weighted by Gasteiger charge is 2.30. The van der Waals surface area contributed by atoms with E-state index in [0.717, 1.165) is 25.0 Å². The quantitative estimate of drug-likeness (QED) is 0.780. The summed E-state index contributed by atoms with van der Waals surface area (Å²) in [5, 5.41) is 3.95. The molecule has 0 aliphatic heterocycles. The van der Waals surface area contributed by atoms with Crippen LogP contribution in [0.5, 0.6) is 0 Å². The van der Waals surface area contributed by atoms with E-state index in [-0.39, 0.29) is 5.92 Å². The van der Waals surface area contributed by atoms with Gasteiger partial charge in [0.2, 0.25) is 5.91 Å². The maximum Gasteiger partial charge on any atom is 0.223 e. The van der Waals surface area contributed by atoms with Gasteiger partial charge in [0.25, 0.3) is 0 Å². The van der Waals surface area contributed by atoms with Crippen LogP contribution >= 0.6 is 11.8 Å². The van der Waals surface area contributed by atoms with Crippen LogP contribution in [0.25, 0.3) is 0 Å². The highest BCUT2D eigenvalue weighted by molar-refractivity contribution is 7.99. The van der Waals surface area contributed by atoms with E-state index >= 15 is 0 Å². The second kappa shape index (κ2) is 6.48. The van der Waals surface area contributed by atoms with Crippen molar-refractivity contribution < 1.29 is 4.79 Å². The monoisotopic (exact) mass is 253 g/mol. The fourth-order valence-electron chi connectivity index (χ4n) is 2.84. The van der Waals surface area contributed by atoms with Crippen molar-refractivity contribution in [3.05, 3.63) is 12.2 Å². The van der Waals surface area contributed by atoms with Crippen LogP contribution in [0, 0.1) is 5.92 Å². The van der Waals surface area contributed by atoms with Gasteiger partial charge in [-0.3, -0.25) is 4.79 Å². The Labute approximate surface area is 109 Å². The van der Waals surface area contributed by atoms with Gasteiger partial charge in [0, 0.05) is 17.2 Å². The van der Waals surface area contributed by atoms with Crippen molar-refractivity contribution in [1.29, 1.82) is 0 Å². The average Bonchev–Trinajstić information content (AvgIpc) is 2.78. The van der Waals surface area contributed by atoms with Gasteiger partial charge in [-0.2, -0.15) is 11.8 Å². The van der Waals surface area contributed by atoms with Gasteiger partial charge in [0.05, 0.1) is 0 Å². The number of hydrogen-bond donors (Lipinski definition) is 1. The minimum Gasteiger partial charge on any atom is -0.352 e. The fourth-order valence-corrected chi connectivity index (χ4v) is 4.03. The van der Waals surface area contributed by atoms with Crippen molar-refractivity contribution in [3.8, 4) is 0 Å². The molecule has 0 aromatic heterocycles. The maximum absolute atomic E-state index is 12.1. The van der Waals surface area contributed by atoms with Crippen molar-refractivity contribution in [1.82, 2.24) is 5.32 Å². The van der Waals surface area contributed by atoms with E-state index in [0.29, 0.717) is 17.2 Å². The summed E-state index contributed by atoms with van der Waals surface area (Å²) >= 11 is 2.01. The van der Waals surface area contributed by atoms with Crippen LogP contribution in [-0.2, 0) is 4.79 Å². The fraction of sp³-hybridized carbons (Fsp3) is 0.786. The Kier molecular flexibility index (Phi) is 4.96. The predicted octanol–water partition coefficient (Wildman–Crippen LogP) is 3.13. The topological polar surface area (TPSA) is 29.1 Å². The Morgan fingerprint density at radius 2 is 2.24 bits per heavy atom. The summed E-state index contributed by atoms with van der Waals surface area (Å²) in [5.74, 6) is 1.68. The lowest BCUT2D eigenvalue weighted by Gasteiger charge is -2.24. The number of carbonyl (C=O) groups is 1. The summed E-state index contributed by atoms with van der Waals surface area (Å²) in [7, 11) is 0. The van der Waals surface area contributed by atoms with Crippen molar-refractivity contribution in [2.24, 2.45) is 5.92 Å². The Balaban J connectivity index is 1.82. The Morgan fingerprint density at radius 1 is 1.35 bits per heavy atom. The van der Waals surface area contributed by atoms with Crippen LogP contribution in [0.15, 0.2) is 12.2 Å². The first kappa shape index (κ1) is 13.0. The van der Waals surface area contributed by atoms with E-state index in [9.17, 15) is 4.79 Å². The van der Waals surface area contributed by atoms with Crippen LogP contribution < -0.4 is 5.32 Å². The molecule has 0 aromatic rings. The average molecular weight is 253 g/mol. The van der Waals surface area contributed by atoms with Crippen molar-refractivity contribution >= 4 is 17.7 Å². The van der Waals surface area contributed by atoms with E-state index in [1.807, 2.05) is 11.8 Å². The largest absolute Gasteiger partial charge is 0.352 e. The first-order valence-corrected chi connectivity index (χ1v) is 7.93. The zero-order chi connectivity index (χ0) is 12.1. The highest BCUT2D eigenvalue weighted by Crippen LogP contribution is 2.30. The van der Waals surface area contributed by atoms with Gasteiger partial charge >= 0.3 is 0 Å². The molecule has 0 radical (unpaired) electrons. The molecule has 0 saturated heterocycles. The van der Waals surface area contributed by atoms with Crippen molar-refractivity contribution in [2.75, 3.05) is 5.75 Å². The molecule has 0 spiro atoms. The van der Waals surface area contributed by atoms with E-state index in [1.54, 1.807) is 0 Å². The molecule has 1 N–H and O–H groups in total. The number of allylic oxidation sites excluding steroid dienone is 2. The zero-order valence-electron chi connectivity index (χ0n) is 10.7. The molecule has 17 heavy (non-hydrogen) atoms. The van der Waals surface area contributed by atoms with Gasteiger partial charge in [0.1, 0.15) is 0 Å². The molecule has 2 nitrogen and oxygen atoms in total. The Morgan fingerprint density at radius 3 is 2.94 bits per heavy atom. The number of rotatable bonds is 4. The SMILES string of the molecule is CCS[C@@H]1CCC[C@H]1NC(=O)[C@@H]1CC=CCC1. The summed E-state index contributed by atoms with van der Waals surface area (Å²) in [6, 6.07) is 0.429. The summed E-state index contributed by atoms with van der Waals surface area (Å²) in [6.07, 6.45) is 11.1. The van der Waals surface area contributed by atoms with Crippen LogP contribution in [0.4, 0.5) is 0 Å². The number of nitrogens with one attached hydrogen (secondary N) is 1. The molecule has 1 amide bonds. The lowest BCUT2D eigenvalue weighted by molar-refractivity contribution is -0.125.